The van der Waals surface area contributed by atoms with Crippen molar-refractivity contribution in [2.45, 2.75) is 83.3 Å². The Labute approximate surface area is 216 Å². The van der Waals surface area contributed by atoms with Crippen LogP contribution in [0, 0.1) is 5.92 Å². The Morgan fingerprint density at radius 3 is 2.43 bits per heavy atom. The van der Waals surface area contributed by atoms with E-state index in [1.165, 1.54) is 6.42 Å². The molecule has 0 bridgehead atoms. The molecule has 2 aromatic carbocycles. The topological polar surface area (TPSA) is 70.0 Å². The molecule has 5 nitrogen and oxygen atoms in total. The van der Waals surface area contributed by atoms with Crippen molar-refractivity contribution in [3.05, 3.63) is 69.7 Å². The molecular formula is C29H35BrN2O3. The number of halogens is 1. The number of carbonyl (C=O) groups excluding carboxylic acids is 1. The van der Waals surface area contributed by atoms with Crippen molar-refractivity contribution in [2.24, 2.45) is 10.9 Å². The SMILES string of the molecule is CC(C)CCC(c1ccc(CCC(=O)O)cc1)N1C(=O)C(c2cccc(Br)c2)=NC12CCCCC2. The van der Waals surface area contributed by atoms with Gasteiger partial charge in [0.2, 0.25) is 0 Å². The highest BCUT2D eigenvalue weighted by Gasteiger charge is 2.50. The molecule has 1 unspecified atom stereocenters. The van der Waals surface area contributed by atoms with Crippen LogP contribution in [0.4, 0.5) is 0 Å². The molecule has 186 valence electrons. The van der Waals surface area contributed by atoms with Gasteiger partial charge in [-0.1, -0.05) is 72.6 Å². The fourth-order valence-electron chi connectivity index (χ4n) is 5.43. The number of aliphatic carboxylic acids is 1. The maximum atomic E-state index is 14.1. The molecule has 35 heavy (non-hydrogen) atoms. The van der Waals surface area contributed by atoms with Crippen molar-refractivity contribution in [3.63, 3.8) is 0 Å². The Hall–Kier alpha value is -2.47. The van der Waals surface area contributed by atoms with E-state index in [0.717, 1.165) is 59.7 Å². The fourth-order valence-corrected chi connectivity index (χ4v) is 5.83. The van der Waals surface area contributed by atoms with Crippen LogP contribution in [0.5, 0.6) is 0 Å². The van der Waals surface area contributed by atoms with E-state index < -0.39 is 11.6 Å². The summed E-state index contributed by atoms with van der Waals surface area (Å²) < 4.78 is 0.940. The summed E-state index contributed by atoms with van der Waals surface area (Å²) in [6.07, 6.45) is 7.63. The van der Waals surface area contributed by atoms with Gasteiger partial charge in [0.25, 0.3) is 5.91 Å². The molecule has 2 aliphatic rings. The third-order valence-corrected chi connectivity index (χ3v) is 7.76. The number of hydrogen-bond acceptors (Lipinski definition) is 3. The number of carbonyl (C=O) groups is 2. The average Bonchev–Trinajstić information content (AvgIpc) is 3.10. The lowest BCUT2D eigenvalue weighted by Gasteiger charge is -2.44. The summed E-state index contributed by atoms with van der Waals surface area (Å²) in [6, 6.07) is 16.0. The van der Waals surface area contributed by atoms with Crippen molar-refractivity contribution < 1.29 is 14.7 Å². The van der Waals surface area contributed by atoms with E-state index in [9.17, 15) is 9.59 Å². The standard InChI is InChI=1S/C29H35BrN2O3/c1-20(2)9-15-25(22-13-10-21(11-14-22)12-16-26(33)34)32-28(35)27(23-7-6-8-24(30)19-23)31-29(32)17-4-3-5-18-29/h6-8,10-11,13-14,19-20,25H,3-5,9,12,15-18H2,1-2H3,(H,33,34). The second kappa shape index (κ2) is 11.1. The summed E-state index contributed by atoms with van der Waals surface area (Å²) in [4.78, 5) is 32.4. The second-order valence-electron chi connectivity index (χ2n) is 10.3. The van der Waals surface area contributed by atoms with E-state index in [2.05, 4.69) is 46.8 Å². The average molecular weight is 540 g/mol. The molecule has 0 aromatic heterocycles. The first kappa shape index (κ1) is 25.6. The summed E-state index contributed by atoms with van der Waals surface area (Å²) in [5, 5.41) is 9.03. The molecule has 1 aliphatic carbocycles. The lowest BCUT2D eigenvalue weighted by Crippen LogP contribution is -2.50. The molecule has 1 fully saturated rings. The van der Waals surface area contributed by atoms with Gasteiger partial charge in [-0.25, -0.2) is 0 Å². The minimum absolute atomic E-state index is 0.0220. The van der Waals surface area contributed by atoms with Gasteiger partial charge in [0, 0.05) is 16.5 Å². The molecule has 1 spiro atoms. The van der Waals surface area contributed by atoms with Gasteiger partial charge in [-0.05, 0) is 74.1 Å². The van der Waals surface area contributed by atoms with Crippen molar-refractivity contribution in [1.82, 2.24) is 4.90 Å². The van der Waals surface area contributed by atoms with Gasteiger partial charge in [-0.15, -0.1) is 0 Å². The molecule has 1 heterocycles. The summed E-state index contributed by atoms with van der Waals surface area (Å²) in [5.74, 6) is -0.241. The predicted octanol–water partition coefficient (Wildman–Crippen LogP) is 6.94. The first-order valence-corrected chi connectivity index (χ1v) is 13.6. The van der Waals surface area contributed by atoms with Crippen LogP contribution >= 0.6 is 15.9 Å². The van der Waals surface area contributed by atoms with Gasteiger partial charge in [0.1, 0.15) is 11.4 Å². The Morgan fingerprint density at radius 2 is 1.80 bits per heavy atom. The molecule has 1 amide bonds. The fraction of sp³-hybridized carbons (Fsp3) is 0.483. The minimum atomic E-state index is -0.789. The number of aliphatic imine (C=N–C) groups is 1. The van der Waals surface area contributed by atoms with Crippen molar-refractivity contribution in [1.29, 1.82) is 0 Å². The molecule has 1 N–H and O–H groups in total. The maximum Gasteiger partial charge on any atom is 0.303 e. The molecule has 1 saturated carbocycles. The summed E-state index contributed by atoms with van der Waals surface area (Å²) in [6.45, 7) is 4.44. The van der Waals surface area contributed by atoms with Crippen LogP contribution in [0.1, 0.15) is 87.9 Å². The van der Waals surface area contributed by atoms with Crippen LogP contribution in [0.2, 0.25) is 0 Å². The van der Waals surface area contributed by atoms with Crippen LogP contribution in [0.15, 0.2) is 58.0 Å². The normalized spacial score (nSPS) is 18.2. The van der Waals surface area contributed by atoms with Gasteiger partial charge in [0.05, 0.1) is 6.04 Å². The molecule has 6 heteroatoms. The van der Waals surface area contributed by atoms with Gasteiger partial charge in [-0.3, -0.25) is 14.6 Å². The van der Waals surface area contributed by atoms with E-state index >= 15 is 0 Å². The van der Waals surface area contributed by atoms with Crippen LogP contribution in [0.25, 0.3) is 0 Å². The second-order valence-corrected chi connectivity index (χ2v) is 11.2. The van der Waals surface area contributed by atoms with Crippen molar-refractivity contribution in [3.8, 4) is 0 Å². The van der Waals surface area contributed by atoms with Crippen LogP contribution in [-0.2, 0) is 16.0 Å². The number of carboxylic acids is 1. The van der Waals surface area contributed by atoms with Crippen molar-refractivity contribution in [2.75, 3.05) is 0 Å². The third-order valence-electron chi connectivity index (χ3n) is 7.26. The quantitative estimate of drug-likeness (QED) is 0.376. The monoisotopic (exact) mass is 538 g/mol. The molecular weight excluding hydrogens is 504 g/mol. The summed E-state index contributed by atoms with van der Waals surface area (Å²) >= 11 is 3.55. The zero-order valence-electron chi connectivity index (χ0n) is 20.7. The molecule has 0 radical (unpaired) electrons. The number of benzene rings is 2. The first-order chi connectivity index (χ1) is 16.8. The lowest BCUT2D eigenvalue weighted by molar-refractivity contribution is -0.137. The first-order valence-electron chi connectivity index (χ1n) is 12.8. The zero-order valence-corrected chi connectivity index (χ0v) is 22.3. The molecule has 0 saturated heterocycles. The third kappa shape index (κ3) is 5.85. The Balaban J connectivity index is 1.72. The number of hydrogen-bond donors (Lipinski definition) is 1. The van der Waals surface area contributed by atoms with E-state index in [1.807, 2.05) is 36.4 Å². The highest BCUT2D eigenvalue weighted by molar-refractivity contribution is 9.10. The highest BCUT2D eigenvalue weighted by Crippen LogP contribution is 2.46. The predicted molar refractivity (Wildman–Crippen MR) is 143 cm³/mol. The lowest BCUT2D eigenvalue weighted by atomic mass is 9.85. The van der Waals surface area contributed by atoms with E-state index in [1.54, 1.807) is 0 Å². The largest absolute Gasteiger partial charge is 0.481 e. The van der Waals surface area contributed by atoms with Crippen LogP contribution in [-0.4, -0.2) is 33.3 Å². The number of nitrogens with zero attached hydrogens (tertiary/aromatic N) is 2. The summed E-state index contributed by atoms with van der Waals surface area (Å²) in [7, 11) is 0. The van der Waals surface area contributed by atoms with Gasteiger partial charge in [-0.2, -0.15) is 0 Å². The highest BCUT2D eigenvalue weighted by atomic mass is 79.9. The Bertz CT molecular complexity index is 1090. The molecule has 4 rings (SSSR count). The van der Waals surface area contributed by atoms with Crippen LogP contribution < -0.4 is 0 Å². The van der Waals surface area contributed by atoms with Crippen molar-refractivity contribution >= 4 is 33.5 Å². The number of rotatable bonds is 9. The molecule has 1 aliphatic heterocycles. The number of amides is 1. The smallest absolute Gasteiger partial charge is 0.303 e. The van der Waals surface area contributed by atoms with Gasteiger partial charge >= 0.3 is 5.97 Å². The molecule has 1 atom stereocenters. The van der Waals surface area contributed by atoms with E-state index in [4.69, 9.17) is 10.1 Å². The van der Waals surface area contributed by atoms with Crippen LogP contribution in [0.3, 0.4) is 0 Å². The van der Waals surface area contributed by atoms with E-state index in [-0.39, 0.29) is 18.4 Å². The van der Waals surface area contributed by atoms with Gasteiger partial charge < -0.3 is 10.0 Å². The van der Waals surface area contributed by atoms with Gasteiger partial charge in [0.15, 0.2) is 0 Å². The Kier molecular flexibility index (Phi) is 8.10. The molecule has 2 aromatic rings. The summed E-state index contributed by atoms with van der Waals surface area (Å²) in [5.41, 5.74) is 3.05. The zero-order chi connectivity index (χ0) is 25.0. The number of carboxylic acid groups (broad SMARTS) is 1. The number of aryl methyl sites for hydroxylation is 1. The minimum Gasteiger partial charge on any atom is -0.481 e. The Morgan fingerprint density at radius 1 is 1.09 bits per heavy atom. The van der Waals surface area contributed by atoms with E-state index in [0.29, 0.717) is 18.1 Å². The maximum absolute atomic E-state index is 14.1.